The number of methoxy groups -OCH3 is 1. The lowest BCUT2D eigenvalue weighted by Gasteiger charge is -2.22. The van der Waals surface area contributed by atoms with Gasteiger partial charge >= 0.3 is 5.97 Å². The average Bonchev–Trinajstić information content (AvgIpc) is 2.14. The number of aryl methyl sites for hydroxylation is 1. The molecule has 0 radical (unpaired) electrons. The summed E-state index contributed by atoms with van der Waals surface area (Å²) in [6.07, 6.45) is 0. The van der Waals surface area contributed by atoms with Crippen LogP contribution in [0.5, 0.6) is 0 Å². The van der Waals surface area contributed by atoms with Crippen LogP contribution in [0.4, 0.5) is 0 Å². The van der Waals surface area contributed by atoms with Crippen LogP contribution in [0, 0.1) is 6.92 Å². The van der Waals surface area contributed by atoms with Gasteiger partial charge in [0.25, 0.3) is 0 Å². The molecule has 0 heterocycles. The molecule has 0 spiro atoms. The Morgan fingerprint density at radius 3 is 2.33 bits per heavy atom. The van der Waals surface area contributed by atoms with Crippen LogP contribution in [-0.2, 0) is 10.2 Å². The molecule has 0 atom stereocenters. The molecule has 15 heavy (non-hydrogen) atoms. The molecule has 0 fully saturated rings. The minimum absolute atomic E-state index is 0.0444. The van der Waals surface area contributed by atoms with Gasteiger partial charge < -0.3 is 4.74 Å². The highest BCUT2D eigenvalue weighted by molar-refractivity contribution is 5.91. The number of benzene rings is 1. The zero-order valence-corrected chi connectivity index (χ0v) is 10.0. The Labute approximate surface area is 91.3 Å². The predicted octanol–water partition coefficient (Wildman–Crippen LogP) is 3.08. The van der Waals surface area contributed by atoms with Gasteiger partial charge in [-0.25, -0.2) is 4.79 Å². The first-order valence-corrected chi connectivity index (χ1v) is 5.05. The van der Waals surface area contributed by atoms with Gasteiger partial charge in [-0.05, 0) is 24.0 Å². The van der Waals surface area contributed by atoms with Gasteiger partial charge in [0.1, 0.15) is 0 Å². The molecule has 0 bridgehead atoms. The van der Waals surface area contributed by atoms with Crippen molar-refractivity contribution >= 4 is 5.97 Å². The molecule has 0 aliphatic rings. The maximum absolute atomic E-state index is 11.6. The molecule has 2 nitrogen and oxygen atoms in total. The lowest BCUT2D eigenvalue weighted by molar-refractivity contribution is 0.0598. The highest BCUT2D eigenvalue weighted by Gasteiger charge is 2.21. The van der Waals surface area contributed by atoms with Crippen LogP contribution in [-0.4, -0.2) is 13.1 Å². The first-order valence-electron chi connectivity index (χ1n) is 5.05. The van der Waals surface area contributed by atoms with Crippen molar-refractivity contribution in [2.75, 3.05) is 7.11 Å². The van der Waals surface area contributed by atoms with E-state index >= 15 is 0 Å². The summed E-state index contributed by atoms with van der Waals surface area (Å²) in [4.78, 5) is 11.6. The van der Waals surface area contributed by atoms with Gasteiger partial charge in [0, 0.05) is 0 Å². The second-order valence-corrected chi connectivity index (χ2v) is 4.79. The van der Waals surface area contributed by atoms with Gasteiger partial charge in [-0.3, -0.25) is 0 Å². The van der Waals surface area contributed by atoms with Gasteiger partial charge in [0.15, 0.2) is 0 Å². The van der Waals surface area contributed by atoms with E-state index in [4.69, 9.17) is 4.74 Å². The number of hydrogen-bond acceptors (Lipinski definition) is 2. The van der Waals surface area contributed by atoms with Crippen LogP contribution >= 0.6 is 0 Å². The predicted molar refractivity (Wildman–Crippen MR) is 61.2 cm³/mol. The van der Waals surface area contributed by atoms with E-state index in [2.05, 4.69) is 20.8 Å². The highest BCUT2D eigenvalue weighted by Crippen LogP contribution is 2.27. The number of esters is 1. The topological polar surface area (TPSA) is 26.3 Å². The molecule has 0 saturated heterocycles. The van der Waals surface area contributed by atoms with Crippen molar-refractivity contribution in [3.8, 4) is 0 Å². The molecular formula is C13H18O2. The first-order chi connectivity index (χ1) is 6.86. The average molecular weight is 206 g/mol. The van der Waals surface area contributed by atoms with Crippen LogP contribution in [0.15, 0.2) is 18.2 Å². The van der Waals surface area contributed by atoms with Crippen LogP contribution in [0.1, 0.15) is 42.3 Å². The molecule has 0 unspecified atom stereocenters. The number of rotatable bonds is 1. The Hall–Kier alpha value is -1.31. The van der Waals surface area contributed by atoms with Crippen LogP contribution in [0.2, 0.25) is 0 Å². The molecule has 1 aromatic carbocycles. The number of hydrogen-bond donors (Lipinski definition) is 0. The summed E-state index contributed by atoms with van der Waals surface area (Å²) in [5.41, 5.74) is 2.73. The van der Waals surface area contributed by atoms with Crippen molar-refractivity contribution in [3.05, 3.63) is 34.9 Å². The molecule has 0 saturated carbocycles. The van der Waals surface area contributed by atoms with E-state index in [9.17, 15) is 4.79 Å². The van der Waals surface area contributed by atoms with Gasteiger partial charge in [-0.2, -0.15) is 0 Å². The van der Waals surface area contributed by atoms with Crippen LogP contribution < -0.4 is 0 Å². The number of carbonyl (C=O) groups is 1. The quantitative estimate of drug-likeness (QED) is 0.660. The standard InChI is InChI=1S/C13H18O2/c1-9-6-7-11(13(2,3)4)10(8-9)12(14)15-5/h6-8H,1-5H3. The fourth-order valence-electron chi connectivity index (χ4n) is 1.59. The third kappa shape index (κ3) is 2.58. The Kier molecular flexibility index (Phi) is 3.18. The molecule has 2 heteroatoms. The van der Waals surface area contributed by atoms with Crippen molar-refractivity contribution in [1.29, 1.82) is 0 Å². The molecule has 0 aliphatic heterocycles. The van der Waals surface area contributed by atoms with Crippen LogP contribution in [0.3, 0.4) is 0 Å². The maximum Gasteiger partial charge on any atom is 0.338 e. The van der Waals surface area contributed by atoms with Crippen molar-refractivity contribution in [2.45, 2.75) is 33.1 Å². The maximum atomic E-state index is 11.6. The normalized spacial score (nSPS) is 11.3. The van der Waals surface area contributed by atoms with Crippen LogP contribution in [0.25, 0.3) is 0 Å². The zero-order chi connectivity index (χ0) is 11.6. The molecular weight excluding hydrogens is 188 g/mol. The van der Waals surface area contributed by atoms with E-state index in [0.717, 1.165) is 11.1 Å². The summed E-state index contributed by atoms with van der Waals surface area (Å²) >= 11 is 0. The Morgan fingerprint density at radius 1 is 1.27 bits per heavy atom. The van der Waals surface area contributed by atoms with E-state index < -0.39 is 0 Å². The second-order valence-electron chi connectivity index (χ2n) is 4.79. The van der Waals surface area contributed by atoms with Gasteiger partial charge in [0.2, 0.25) is 0 Å². The highest BCUT2D eigenvalue weighted by atomic mass is 16.5. The van der Waals surface area contributed by atoms with E-state index in [0.29, 0.717) is 5.56 Å². The summed E-state index contributed by atoms with van der Waals surface area (Å²) in [5, 5.41) is 0. The molecule has 0 N–H and O–H groups in total. The van der Waals surface area contributed by atoms with E-state index in [-0.39, 0.29) is 11.4 Å². The molecule has 0 aliphatic carbocycles. The SMILES string of the molecule is COC(=O)c1cc(C)ccc1C(C)(C)C. The third-order valence-electron chi connectivity index (χ3n) is 2.39. The first kappa shape index (κ1) is 11.8. The summed E-state index contributed by atoms with van der Waals surface area (Å²) in [7, 11) is 1.41. The number of carbonyl (C=O) groups excluding carboxylic acids is 1. The minimum atomic E-state index is -0.261. The fraction of sp³-hybridized carbons (Fsp3) is 0.462. The molecule has 82 valence electrons. The molecule has 0 aromatic heterocycles. The molecule has 1 rings (SSSR count). The third-order valence-corrected chi connectivity index (χ3v) is 2.39. The minimum Gasteiger partial charge on any atom is -0.465 e. The van der Waals surface area contributed by atoms with Gasteiger partial charge in [-0.15, -0.1) is 0 Å². The zero-order valence-electron chi connectivity index (χ0n) is 10.0. The second kappa shape index (κ2) is 4.05. The van der Waals surface area contributed by atoms with Gasteiger partial charge in [-0.1, -0.05) is 38.5 Å². The van der Waals surface area contributed by atoms with Gasteiger partial charge in [0.05, 0.1) is 12.7 Å². The van der Waals surface area contributed by atoms with Crippen molar-refractivity contribution in [3.63, 3.8) is 0 Å². The molecule has 0 amide bonds. The van der Waals surface area contributed by atoms with E-state index in [1.165, 1.54) is 7.11 Å². The summed E-state index contributed by atoms with van der Waals surface area (Å²) in [6.45, 7) is 8.23. The Bertz CT molecular complexity index is 373. The fourth-order valence-corrected chi connectivity index (χ4v) is 1.59. The van der Waals surface area contributed by atoms with E-state index in [1.807, 2.05) is 25.1 Å². The smallest absolute Gasteiger partial charge is 0.338 e. The lowest BCUT2D eigenvalue weighted by atomic mass is 9.83. The molecule has 1 aromatic rings. The number of ether oxygens (including phenoxy) is 1. The Morgan fingerprint density at radius 2 is 1.87 bits per heavy atom. The Balaban J connectivity index is 3.33. The summed E-state index contributed by atoms with van der Waals surface area (Å²) in [6, 6.07) is 5.90. The van der Waals surface area contributed by atoms with Crippen molar-refractivity contribution < 1.29 is 9.53 Å². The monoisotopic (exact) mass is 206 g/mol. The lowest BCUT2D eigenvalue weighted by Crippen LogP contribution is -2.17. The van der Waals surface area contributed by atoms with E-state index in [1.54, 1.807) is 0 Å². The summed E-state index contributed by atoms with van der Waals surface area (Å²) < 4.78 is 4.79. The van der Waals surface area contributed by atoms with Crippen molar-refractivity contribution in [2.24, 2.45) is 0 Å². The summed E-state index contributed by atoms with van der Waals surface area (Å²) in [5.74, 6) is -0.261. The van der Waals surface area contributed by atoms with Crippen molar-refractivity contribution in [1.82, 2.24) is 0 Å². The largest absolute Gasteiger partial charge is 0.465 e.